The molecule has 2 aromatic rings. The fraction of sp³-hybridized carbons (Fsp3) is 0.500. The second-order valence-corrected chi connectivity index (χ2v) is 9.33. The largest absolute Gasteiger partial charge is 0.497 e. The van der Waals surface area contributed by atoms with Crippen LogP contribution in [-0.4, -0.2) is 36.9 Å². The van der Waals surface area contributed by atoms with Gasteiger partial charge in [0.15, 0.2) is 0 Å². The Kier molecular flexibility index (Phi) is 8.03. The average Bonchev–Trinajstić information content (AvgIpc) is 2.91. The van der Waals surface area contributed by atoms with E-state index in [1.807, 2.05) is 41.3 Å². The van der Waals surface area contributed by atoms with Gasteiger partial charge in [0, 0.05) is 36.8 Å². The van der Waals surface area contributed by atoms with E-state index >= 15 is 0 Å². The van der Waals surface area contributed by atoms with Crippen molar-refractivity contribution in [3.8, 4) is 5.75 Å². The molecule has 1 aliphatic carbocycles. The zero-order valence-electron chi connectivity index (χ0n) is 19.8. The van der Waals surface area contributed by atoms with Gasteiger partial charge < -0.3 is 14.5 Å². The summed E-state index contributed by atoms with van der Waals surface area (Å²) in [6.07, 6.45) is 9.67. The first kappa shape index (κ1) is 23.3. The van der Waals surface area contributed by atoms with Crippen molar-refractivity contribution in [3.05, 3.63) is 59.7 Å². The highest BCUT2D eigenvalue weighted by Gasteiger charge is 2.28. The van der Waals surface area contributed by atoms with Crippen LogP contribution in [0.3, 0.4) is 0 Å². The van der Waals surface area contributed by atoms with E-state index in [4.69, 9.17) is 4.74 Å². The first-order valence-corrected chi connectivity index (χ1v) is 12.5. The molecule has 1 fully saturated rings. The number of carbonyl (C=O) groups excluding carboxylic acids is 2. The number of fused-ring (bicyclic) bond motifs is 1. The molecule has 5 heteroatoms. The molecular formula is C28H36N2O3. The number of hydrogen-bond donors (Lipinski definition) is 0. The van der Waals surface area contributed by atoms with Crippen LogP contribution in [0.1, 0.15) is 73.7 Å². The number of methoxy groups -OCH3 is 1. The first-order chi connectivity index (χ1) is 16.2. The van der Waals surface area contributed by atoms with Crippen LogP contribution >= 0.6 is 0 Å². The van der Waals surface area contributed by atoms with Crippen molar-refractivity contribution in [2.24, 2.45) is 5.92 Å². The van der Waals surface area contributed by atoms with Gasteiger partial charge in [0.2, 0.25) is 5.91 Å². The molecule has 0 atom stereocenters. The van der Waals surface area contributed by atoms with Crippen LogP contribution in [0.5, 0.6) is 5.75 Å². The molecule has 1 saturated carbocycles. The van der Waals surface area contributed by atoms with Crippen molar-refractivity contribution in [3.63, 3.8) is 0 Å². The van der Waals surface area contributed by atoms with E-state index in [0.29, 0.717) is 30.3 Å². The Morgan fingerprint density at radius 2 is 1.58 bits per heavy atom. The summed E-state index contributed by atoms with van der Waals surface area (Å²) in [7, 11) is 1.62. The molecular weight excluding hydrogens is 412 g/mol. The molecule has 4 rings (SSSR count). The molecule has 0 aromatic heterocycles. The predicted octanol–water partition coefficient (Wildman–Crippen LogP) is 5.82. The molecule has 0 N–H and O–H groups in total. The summed E-state index contributed by atoms with van der Waals surface area (Å²) in [6, 6.07) is 15.4. The summed E-state index contributed by atoms with van der Waals surface area (Å²) in [5.41, 5.74) is 2.57. The number of anilines is 1. The van der Waals surface area contributed by atoms with Crippen molar-refractivity contribution in [1.82, 2.24) is 4.90 Å². The quantitative estimate of drug-likeness (QED) is 0.594. The minimum atomic E-state index is -0.0225. The van der Waals surface area contributed by atoms with E-state index in [9.17, 15) is 9.59 Å². The number of carbonyl (C=O) groups is 2. The Hall–Kier alpha value is -2.82. The van der Waals surface area contributed by atoms with Crippen LogP contribution in [0.25, 0.3) is 0 Å². The molecule has 2 aromatic carbocycles. The molecule has 33 heavy (non-hydrogen) atoms. The number of rotatable bonds is 3. The van der Waals surface area contributed by atoms with E-state index in [-0.39, 0.29) is 11.8 Å². The minimum absolute atomic E-state index is 0.0225. The molecule has 5 nitrogen and oxygen atoms in total. The summed E-state index contributed by atoms with van der Waals surface area (Å²) in [4.78, 5) is 31.0. The molecule has 176 valence electrons. The highest BCUT2D eigenvalue weighted by Crippen LogP contribution is 2.30. The third kappa shape index (κ3) is 5.76. The molecule has 1 aliphatic heterocycles. The van der Waals surface area contributed by atoms with E-state index in [2.05, 4.69) is 11.0 Å². The zero-order chi connectivity index (χ0) is 23.0. The fourth-order valence-electron chi connectivity index (χ4n) is 5.16. The normalized spacial score (nSPS) is 18.2. The Morgan fingerprint density at radius 3 is 2.36 bits per heavy atom. The number of ether oxygens (including phenoxy) is 1. The average molecular weight is 449 g/mol. The molecule has 0 saturated heterocycles. The molecule has 2 amide bonds. The molecule has 0 spiro atoms. The Balaban J connectivity index is 1.64. The van der Waals surface area contributed by atoms with Crippen molar-refractivity contribution < 1.29 is 14.3 Å². The van der Waals surface area contributed by atoms with Gasteiger partial charge in [-0.15, -0.1) is 0 Å². The van der Waals surface area contributed by atoms with Crippen LogP contribution in [0, 0.1) is 5.92 Å². The van der Waals surface area contributed by atoms with Crippen LogP contribution in [-0.2, 0) is 11.3 Å². The van der Waals surface area contributed by atoms with Crippen LogP contribution in [0.2, 0.25) is 0 Å². The molecule has 0 radical (unpaired) electrons. The van der Waals surface area contributed by atoms with Gasteiger partial charge >= 0.3 is 0 Å². The van der Waals surface area contributed by atoms with Crippen LogP contribution < -0.4 is 9.64 Å². The van der Waals surface area contributed by atoms with Gasteiger partial charge in [0.1, 0.15) is 5.75 Å². The molecule has 1 heterocycles. The van der Waals surface area contributed by atoms with Gasteiger partial charge in [-0.3, -0.25) is 9.59 Å². The topological polar surface area (TPSA) is 49.9 Å². The number of benzene rings is 2. The second kappa shape index (κ2) is 11.4. The van der Waals surface area contributed by atoms with Gasteiger partial charge in [-0.2, -0.15) is 0 Å². The predicted molar refractivity (Wildman–Crippen MR) is 132 cm³/mol. The van der Waals surface area contributed by atoms with Crippen molar-refractivity contribution in [2.75, 3.05) is 25.1 Å². The lowest BCUT2D eigenvalue weighted by Gasteiger charge is -2.31. The number of para-hydroxylation sites is 1. The Bertz CT molecular complexity index is 952. The highest BCUT2D eigenvalue weighted by atomic mass is 16.5. The molecule has 2 aliphatic rings. The number of amides is 2. The summed E-state index contributed by atoms with van der Waals surface area (Å²) in [6.45, 7) is 2.03. The third-order valence-electron chi connectivity index (χ3n) is 7.03. The standard InChI is InChI=1S/C28H36N2O3/c1-33-25-16-11-15-23(20-25)28(32)30-19-10-3-2-9-18-29(21-24-14-7-8-17-26(24)30)27(31)22-12-5-4-6-13-22/h7-8,11,14-17,20,22H,2-6,9-10,12-13,18-19,21H2,1H3. The molecule has 0 unspecified atom stereocenters. The SMILES string of the molecule is COc1cccc(C(=O)N2CCCCCCN(C(=O)C3CCCCC3)Cc3ccccc32)c1. The lowest BCUT2D eigenvalue weighted by atomic mass is 9.88. The van der Waals surface area contributed by atoms with Gasteiger partial charge in [0.05, 0.1) is 7.11 Å². The van der Waals surface area contributed by atoms with Crippen molar-refractivity contribution >= 4 is 17.5 Å². The van der Waals surface area contributed by atoms with Gasteiger partial charge in [-0.05, 0) is 55.5 Å². The van der Waals surface area contributed by atoms with Gasteiger partial charge in [-0.25, -0.2) is 0 Å². The van der Waals surface area contributed by atoms with Crippen LogP contribution in [0.15, 0.2) is 48.5 Å². The summed E-state index contributed by atoms with van der Waals surface area (Å²) in [5, 5.41) is 0. The fourth-order valence-corrected chi connectivity index (χ4v) is 5.16. The maximum atomic E-state index is 13.6. The highest BCUT2D eigenvalue weighted by molar-refractivity contribution is 6.06. The van der Waals surface area contributed by atoms with E-state index in [1.165, 1.54) is 6.42 Å². The summed E-state index contributed by atoms with van der Waals surface area (Å²) >= 11 is 0. The molecule has 0 bridgehead atoms. The smallest absolute Gasteiger partial charge is 0.258 e. The lowest BCUT2D eigenvalue weighted by Crippen LogP contribution is -2.38. The Labute approximate surface area is 197 Å². The Morgan fingerprint density at radius 1 is 0.848 bits per heavy atom. The summed E-state index contributed by atoms with van der Waals surface area (Å²) < 4.78 is 5.34. The maximum absolute atomic E-state index is 13.6. The van der Waals surface area contributed by atoms with Crippen molar-refractivity contribution in [2.45, 2.75) is 64.3 Å². The monoisotopic (exact) mass is 448 g/mol. The van der Waals surface area contributed by atoms with Gasteiger partial charge in [0.25, 0.3) is 5.91 Å². The zero-order valence-corrected chi connectivity index (χ0v) is 19.8. The third-order valence-corrected chi connectivity index (χ3v) is 7.03. The lowest BCUT2D eigenvalue weighted by molar-refractivity contribution is -0.137. The van der Waals surface area contributed by atoms with Crippen LogP contribution in [0.4, 0.5) is 5.69 Å². The minimum Gasteiger partial charge on any atom is -0.497 e. The maximum Gasteiger partial charge on any atom is 0.258 e. The first-order valence-electron chi connectivity index (χ1n) is 12.5. The van der Waals surface area contributed by atoms with Gasteiger partial charge in [-0.1, -0.05) is 56.4 Å². The second-order valence-electron chi connectivity index (χ2n) is 9.33. The summed E-state index contributed by atoms with van der Waals surface area (Å²) in [5.74, 6) is 1.11. The van der Waals surface area contributed by atoms with Crippen molar-refractivity contribution in [1.29, 1.82) is 0 Å². The number of nitrogens with zero attached hydrogens (tertiary/aromatic N) is 2. The van der Waals surface area contributed by atoms with E-state index in [1.54, 1.807) is 13.2 Å². The number of hydrogen-bond acceptors (Lipinski definition) is 3. The van der Waals surface area contributed by atoms with E-state index in [0.717, 1.165) is 69.2 Å². The van der Waals surface area contributed by atoms with E-state index < -0.39 is 0 Å².